The SMILES string of the molecule is O=c1c2oc3ccccc3c2ncn1Cc1cccc2cccnc12. The van der Waals surface area contributed by atoms with Crippen LogP contribution in [-0.4, -0.2) is 14.5 Å². The highest BCUT2D eigenvalue weighted by Crippen LogP contribution is 2.24. The van der Waals surface area contributed by atoms with Gasteiger partial charge >= 0.3 is 0 Å². The summed E-state index contributed by atoms with van der Waals surface area (Å²) >= 11 is 0. The third-order valence-corrected chi connectivity index (χ3v) is 4.41. The van der Waals surface area contributed by atoms with Gasteiger partial charge in [0.25, 0.3) is 5.56 Å². The van der Waals surface area contributed by atoms with Gasteiger partial charge in [-0.25, -0.2) is 4.98 Å². The highest BCUT2D eigenvalue weighted by Gasteiger charge is 2.13. The van der Waals surface area contributed by atoms with Crippen LogP contribution in [0, 0.1) is 0 Å². The molecule has 5 rings (SSSR count). The van der Waals surface area contributed by atoms with Crippen molar-refractivity contribution in [1.82, 2.24) is 14.5 Å². The van der Waals surface area contributed by atoms with Gasteiger partial charge in [0, 0.05) is 17.0 Å². The molecule has 3 heterocycles. The van der Waals surface area contributed by atoms with Crippen LogP contribution in [0.25, 0.3) is 33.0 Å². The maximum absolute atomic E-state index is 12.8. The highest BCUT2D eigenvalue weighted by molar-refractivity contribution is 6.01. The Morgan fingerprint density at radius 3 is 2.76 bits per heavy atom. The molecule has 5 nitrogen and oxygen atoms in total. The van der Waals surface area contributed by atoms with Crippen LogP contribution in [-0.2, 0) is 6.54 Å². The first-order chi connectivity index (χ1) is 12.3. The van der Waals surface area contributed by atoms with Gasteiger partial charge in [-0.05, 0) is 23.8 Å². The number of para-hydroxylation sites is 2. The molecule has 0 bridgehead atoms. The molecule has 5 aromatic rings. The monoisotopic (exact) mass is 327 g/mol. The molecule has 0 aliphatic carbocycles. The smallest absolute Gasteiger partial charge is 0.297 e. The Balaban J connectivity index is 1.69. The summed E-state index contributed by atoms with van der Waals surface area (Å²) in [6, 6.07) is 17.4. The summed E-state index contributed by atoms with van der Waals surface area (Å²) in [6.45, 7) is 0.396. The van der Waals surface area contributed by atoms with Crippen LogP contribution in [0.4, 0.5) is 0 Å². The fourth-order valence-electron chi connectivity index (χ4n) is 3.21. The van der Waals surface area contributed by atoms with Gasteiger partial charge in [-0.15, -0.1) is 0 Å². The standard InChI is InChI=1S/C20H13N3O2/c24-20-19-18(15-8-1-2-9-16(15)25-19)22-12-23(20)11-14-6-3-5-13-7-4-10-21-17(13)14/h1-10,12H,11H2. The van der Waals surface area contributed by atoms with Crippen molar-refractivity contribution in [2.45, 2.75) is 6.54 Å². The summed E-state index contributed by atoms with van der Waals surface area (Å²) in [5, 5.41) is 1.90. The number of hydrogen-bond acceptors (Lipinski definition) is 4. The number of pyridine rings is 1. The first kappa shape index (κ1) is 13.9. The van der Waals surface area contributed by atoms with Crippen LogP contribution in [0.3, 0.4) is 0 Å². The van der Waals surface area contributed by atoms with Crippen LogP contribution >= 0.6 is 0 Å². The van der Waals surface area contributed by atoms with Gasteiger partial charge in [0.2, 0.25) is 5.58 Å². The fourth-order valence-corrected chi connectivity index (χ4v) is 3.21. The van der Waals surface area contributed by atoms with Crippen LogP contribution < -0.4 is 5.56 Å². The van der Waals surface area contributed by atoms with E-state index in [9.17, 15) is 4.79 Å². The molecule has 0 atom stereocenters. The van der Waals surface area contributed by atoms with Crippen molar-refractivity contribution in [3.05, 3.63) is 83.0 Å². The second kappa shape index (κ2) is 5.27. The minimum atomic E-state index is -0.186. The summed E-state index contributed by atoms with van der Waals surface area (Å²) in [5.41, 5.74) is 3.24. The molecule has 0 radical (unpaired) electrons. The number of furan rings is 1. The van der Waals surface area contributed by atoms with E-state index in [1.165, 1.54) is 0 Å². The number of hydrogen-bond donors (Lipinski definition) is 0. The molecule has 0 fully saturated rings. The molecular formula is C20H13N3O2. The number of aromatic nitrogens is 3. The minimum absolute atomic E-state index is 0.186. The van der Waals surface area contributed by atoms with Crippen LogP contribution in [0.15, 0.2) is 76.3 Å². The summed E-state index contributed by atoms with van der Waals surface area (Å²) in [7, 11) is 0. The average molecular weight is 327 g/mol. The Kier molecular flexibility index (Phi) is 2.94. The van der Waals surface area contributed by atoms with E-state index in [2.05, 4.69) is 9.97 Å². The van der Waals surface area contributed by atoms with Gasteiger partial charge in [0.15, 0.2) is 0 Å². The molecule has 0 aliphatic rings. The number of fused-ring (bicyclic) bond motifs is 4. The lowest BCUT2D eigenvalue weighted by atomic mass is 10.1. The van der Waals surface area contributed by atoms with Crippen molar-refractivity contribution in [2.24, 2.45) is 0 Å². The molecule has 0 amide bonds. The molecular weight excluding hydrogens is 314 g/mol. The first-order valence-corrected chi connectivity index (χ1v) is 8.00. The third-order valence-electron chi connectivity index (χ3n) is 4.41. The van der Waals surface area contributed by atoms with E-state index in [4.69, 9.17) is 4.42 Å². The summed E-state index contributed by atoms with van der Waals surface area (Å²) in [4.78, 5) is 21.7. The molecule has 0 saturated heterocycles. The Morgan fingerprint density at radius 2 is 1.80 bits per heavy atom. The molecule has 0 unspecified atom stereocenters. The predicted octanol–water partition coefficient (Wildman–Crippen LogP) is 3.74. The van der Waals surface area contributed by atoms with Gasteiger partial charge in [-0.1, -0.05) is 36.4 Å². The number of nitrogens with zero attached hydrogens (tertiary/aromatic N) is 3. The second-order valence-corrected chi connectivity index (χ2v) is 5.95. The maximum Gasteiger partial charge on any atom is 0.297 e. The lowest BCUT2D eigenvalue weighted by Crippen LogP contribution is -2.20. The van der Waals surface area contributed by atoms with E-state index in [1.807, 2.05) is 54.6 Å². The second-order valence-electron chi connectivity index (χ2n) is 5.95. The Labute approximate surface area is 142 Å². The van der Waals surface area contributed by atoms with Gasteiger partial charge < -0.3 is 4.42 Å². The zero-order valence-corrected chi connectivity index (χ0v) is 13.2. The van der Waals surface area contributed by atoms with Gasteiger partial charge in [0.05, 0.1) is 18.4 Å². The lowest BCUT2D eigenvalue weighted by Gasteiger charge is -2.07. The molecule has 0 aliphatic heterocycles. The fraction of sp³-hybridized carbons (Fsp3) is 0.0500. The topological polar surface area (TPSA) is 60.9 Å². The van der Waals surface area contributed by atoms with E-state index in [1.54, 1.807) is 17.1 Å². The zero-order valence-electron chi connectivity index (χ0n) is 13.2. The summed E-state index contributed by atoms with van der Waals surface area (Å²) in [5.74, 6) is 0. The van der Waals surface area contributed by atoms with Crippen molar-refractivity contribution in [3.8, 4) is 0 Å². The van der Waals surface area contributed by atoms with Crippen molar-refractivity contribution in [1.29, 1.82) is 0 Å². The largest absolute Gasteiger partial charge is 0.448 e. The van der Waals surface area contributed by atoms with E-state index in [0.29, 0.717) is 17.6 Å². The quantitative estimate of drug-likeness (QED) is 0.495. The summed E-state index contributed by atoms with van der Waals surface area (Å²) < 4.78 is 7.30. The molecule has 0 N–H and O–H groups in total. The average Bonchev–Trinajstić information content (AvgIpc) is 3.04. The van der Waals surface area contributed by atoms with E-state index in [-0.39, 0.29) is 11.1 Å². The molecule has 25 heavy (non-hydrogen) atoms. The molecule has 0 spiro atoms. The number of benzene rings is 2. The zero-order chi connectivity index (χ0) is 16.8. The van der Waals surface area contributed by atoms with Gasteiger partial charge in [-0.2, -0.15) is 0 Å². The highest BCUT2D eigenvalue weighted by atomic mass is 16.3. The minimum Gasteiger partial charge on any atom is -0.448 e. The van der Waals surface area contributed by atoms with Crippen LogP contribution in [0.1, 0.15) is 5.56 Å². The molecule has 3 aromatic heterocycles. The maximum atomic E-state index is 12.8. The Morgan fingerprint density at radius 1 is 0.920 bits per heavy atom. The first-order valence-electron chi connectivity index (χ1n) is 8.00. The normalized spacial score (nSPS) is 11.5. The Hall–Kier alpha value is -3.47. The van der Waals surface area contributed by atoms with Crippen LogP contribution in [0.2, 0.25) is 0 Å². The van der Waals surface area contributed by atoms with Crippen molar-refractivity contribution in [2.75, 3.05) is 0 Å². The lowest BCUT2D eigenvalue weighted by molar-refractivity contribution is 0.643. The van der Waals surface area contributed by atoms with E-state index >= 15 is 0 Å². The molecule has 120 valence electrons. The molecule has 5 heteroatoms. The third kappa shape index (κ3) is 2.13. The molecule has 0 saturated carbocycles. The van der Waals surface area contributed by atoms with Crippen molar-refractivity contribution in [3.63, 3.8) is 0 Å². The molecule has 2 aromatic carbocycles. The van der Waals surface area contributed by atoms with Crippen molar-refractivity contribution < 1.29 is 4.42 Å². The van der Waals surface area contributed by atoms with Gasteiger partial charge in [0.1, 0.15) is 11.1 Å². The van der Waals surface area contributed by atoms with E-state index in [0.717, 1.165) is 21.9 Å². The van der Waals surface area contributed by atoms with Crippen molar-refractivity contribution >= 4 is 33.0 Å². The summed E-state index contributed by atoms with van der Waals surface area (Å²) in [6.07, 6.45) is 3.34. The van der Waals surface area contributed by atoms with Crippen LogP contribution in [0.5, 0.6) is 0 Å². The predicted molar refractivity (Wildman–Crippen MR) is 96.6 cm³/mol. The Bertz CT molecular complexity index is 1300. The van der Waals surface area contributed by atoms with E-state index < -0.39 is 0 Å². The number of rotatable bonds is 2. The van der Waals surface area contributed by atoms with Gasteiger partial charge in [-0.3, -0.25) is 14.3 Å².